The Bertz CT molecular complexity index is 1210. The van der Waals surface area contributed by atoms with Gasteiger partial charge in [-0.2, -0.15) is 9.78 Å². The van der Waals surface area contributed by atoms with E-state index in [0.29, 0.717) is 22.0 Å². The SMILES string of the molecule is CCC(CC)C(=O)Nc1ccc(O)c(-c2cc(C3CCC3)n(C(=O)NCc3ccccc3Cl)n2)c1. The molecular weight excluding hydrogens is 464 g/mol. The van der Waals surface area contributed by atoms with E-state index >= 15 is 0 Å². The van der Waals surface area contributed by atoms with Crippen molar-refractivity contribution in [2.24, 2.45) is 5.92 Å². The first kappa shape index (κ1) is 24.8. The van der Waals surface area contributed by atoms with Crippen molar-refractivity contribution in [2.45, 2.75) is 58.4 Å². The summed E-state index contributed by atoms with van der Waals surface area (Å²) < 4.78 is 1.39. The molecule has 0 bridgehead atoms. The number of carbonyl (C=O) groups excluding carboxylic acids is 2. The van der Waals surface area contributed by atoms with Crippen LogP contribution in [0.15, 0.2) is 48.5 Å². The fourth-order valence-electron chi connectivity index (χ4n) is 4.29. The van der Waals surface area contributed by atoms with E-state index in [9.17, 15) is 14.7 Å². The number of phenolic OH excluding ortho intramolecular Hbond substituents is 1. The third-order valence-electron chi connectivity index (χ3n) is 6.74. The Hall–Kier alpha value is -3.32. The molecule has 0 unspecified atom stereocenters. The molecule has 2 aromatic carbocycles. The van der Waals surface area contributed by atoms with E-state index in [4.69, 9.17) is 11.6 Å². The number of amides is 2. The lowest BCUT2D eigenvalue weighted by atomic mass is 9.82. The highest BCUT2D eigenvalue weighted by Crippen LogP contribution is 2.39. The van der Waals surface area contributed by atoms with Gasteiger partial charge in [0.05, 0.1) is 11.4 Å². The van der Waals surface area contributed by atoms with Crippen LogP contribution in [0.5, 0.6) is 5.75 Å². The van der Waals surface area contributed by atoms with Gasteiger partial charge in [0.1, 0.15) is 5.75 Å². The van der Waals surface area contributed by atoms with Crippen LogP contribution in [0.4, 0.5) is 10.5 Å². The fraction of sp³-hybridized carbons (Fsp3) is 0.370. The maximum atomic E-state index is 13.1. The van der Waals surface area contributed by atoms with Crippen molar-refractivity contribution in [1.82, 2.24) is 15.1 Å². The van der Waals surface area contributed by atoms with Gasteiger partial charge >= 0.3 is 6.03 Å². The predicted molar refractivity (Wildman–Crippen MR) is 138 cm³/mol. The first-order valence-electron chi connectivity index (χ1n) is 12.2. The van der Waals surface area contributed by atoms with E-state index in [1.165, 1.54) is 10.7 Å². The highest BCUT2D eigenvalue weighted by Gasteiger charge is 2.28. The number of hydrogen-bond donors (Lipinski definition) is 3. The molecular formula is C27H31ClN4O3. The van der Waals surface area contributed by atoms with E-state index in [1.54, 1.807) is 18.2 Å². The van der Waals surface area contributed by atoms with Gasteiger partial charge in [0, 0.05) is 34.7 Å². The molecule has 3 aromatic rings. The van der Waals surface area contributed by atoms with Crippen molar-refractivity contribution in [3.05, 3.63) is 64.8 Å². The monoisotopic (exact) mass is 494 g/mol. The molecule has 2 amide bonds. The van der Waals surface area contributed by atoms with Crippen molar-refractivity contribution in [1.29, 1.82) is 0 Å². The molecule has 7 nitrogen and oxygen atoms in total. The van der Waals surface area contributed by atoms with Gasteiger partial charge in [0.25, 0.3) is 0 Å². The summed E-state index contributed by atoms with van der Waals surface area (Å²) in [6.07, 6.45) is 4.59. The van der Waals surface area contributed by atoms with Crippen LogP contribution in [0.25, 0.3) is 11.3 Å². The van der Waals surface area contributed by atoms with Crippen molar-refractivity contribution < 1.29 is 14.7 Å². The zero-order chi connectivity index (χ0) is 24.9. The quantitative estimate of drug-likeness (QED) is 0.320. The van der Waals surface area contributed by atoms with E-state index in [2.05, 4.69) is 15.7 Å². The van der Waals surface area contributed by atoms with Gasteiger partial charge in [-0.05, 0) is 61.6 Å². The van der Waals surface area contributed by atoms with Gasteiger partial charge in [0.15, 0.2) is 0 Å². The summed E-state index contributed by atoms with van der Waals surface area (Å²) >= 11 is 6.23. The molecule has 3 N–H and O–H groups in total. The van der Waals surface area contributed by atoms with Crippen LogP contribution in [0, 0.1) is 5.92 Å². The van der Waals surface area contributed by atoms with E-state index in [-0.39, 0.29) is 36.1 Å². The number of carbonyl (C=O) groups is 2. The number of anilines is 1. The standard InChI is InChI=1S/C27H31ClN4O3/c1-3-17(4-2)26(34)30-20-12-13-25(33)21(14-20)23-15-24(18-9-7-10-18)32(31-23)27(35)29-16-19-8-5-6-11-22(19)28/h5-6,8,11-15,17-18,33H,3-4,7,9-10,16H2,1-2H3,(H,29,35)(H,30,34). The van der Waals surface area contributed by atoms with Crippen LogP contribution >= 0.6 is 11.6 Å². The molecule has 1 fully saturated rings. The number of rotatable bonds is 8. The first-order chi connectivity index (χ1) is 16.9. The van der Waals surface area contributed by atoms with Crippen LogP contribution < -0.4 is 10.6 Å². The van der Waals surface area contributed by atoms with Gasteiger partial charge in [-0.3, -0.25) is 4.79 Å². The van der Waals surface area contributed by atoms with Crippen LogP contribution in [0.2, 0.25) is 5.02 Å². The summed E-state index contributed by atoms with van der Waals surface area (Å²) in [4.78, 5) is 25.7. The topological polar surface area (TPSA) is 96.2 Å². The zero-order valence-electron chi connectivity index (χ0n) is 20.1. The predicted octanol–water partition coefficient (Wildman–Crippen LogP) is 6.31. The Morgan fingerprint density at radius 1 is 1.14 bits per heavy atom. The molecule has 0 radical (unpaired) electrons. The number of benzene rings is 2. The van der Waals surface area contributed by atoms with Crippen molar-refractivity contribution in [3.8, 4) is 17.0 Å². The lowest BCUT2D eigenvalue weighted by Gasteiger charge is -2.25. The third kappa shape index (κ3) is 5.51. The minimum Gasteiger partial charge on any atom is -0.507 e. The highest BCUT2D eigenvalue weighted by molar-refractivity contribution is 6.31. The van der Waals surface area contributed by atoms with Gasteiger partial charge in [-0.15, -0.1) is 0 Å². The summed E-state index contributed by atoms with van der Waals surface area (Å²) in [5, 5.41) is 21.6. The van der Waals surface area contributed by atoms with Crippen molar-refractivity contribution >= 4 is 29.2 Å². The second-order valence-electron chi connectivity index (χ2n) is 8.98. The maximum absolute atomic E-state index is 13.1. The van der Waals surface area contributed by atoms with Crippen LogP contribution in [-0.4, -0.2) is 26.8 Å². The summed E-state index contributed by atoms with van der Waals surface area (Å²) in [6.45, 7) is 4.25. The molecule has 0 spiro atoms. The number of phenols is 1. The largest absolute Gasteiger partial charge is 0.507 e. The summed E-state index contributed by atoms with van der Waals surface area (Å²) in [5.74, 6) is 0.152. The van der Waals surface area contributed by atoms with Gasteiger partial charge in [0.2, 0.25) is 5.91 Å². The summed E-state index contributed by atoms with van der Waals surface area (Å²) in [6, 6.07) is 13.8. The molecule has 8 heteroatoms. The molecule has 184 valence electrons. The van der Waals surface area contributed by atoms with E-state index in [0.717, 1.165) is 43.4 Å². The van der Waals surface area contributed by atoms with Crippen molar-refractivity contribution in [3.63, 3.8) is 0 Å². The number of aromatic nitrogens is 2. The second kappa shape index (κ2) is 11.0. The highest BCUT2D eigenvalue weighted by atomic mass is 35.5. The number of halogens is 1. The average molecular weight is 495 g/mol. The lowest BCUT2D eigenvalue weighted by molar-refractivity contribution is -0.120. The minimum absolute atomic E-state index is 0.0341. The normalized spacial score (nSPS) is 13.5. The molecule has 1 aliphatic rings. The minimum atomic E-state index is -0.351. The van der Waals surface area contributed by atoms with Gasteiger partial charge in [-0.25, -0.2) is 4.79 Å². The molecule has 4 rings (SSSR count). The van der Waals surface area contributed by atoms with Crippen LogP contribution in [0.3, 0.4) is 0 Å². The smallest absolute Gasteiger partial charge is 0.342 e. The molecule has 1 saturated carbocycles. The number of hydrogen-bond acceptors (Lipinski definition) is 4. The maximum Gasteiger partial charge on any atom is 0.342 e. The van der Waals surface area contributed by atoms with Crippen molar-refractivity contribution in [2.75, 3.05) is 5.32 Å². The Balaban J connectivity index is 1.60. The van der Waals surface area contributed by atoms with Crippen LogP contribution in [-0.2, 0) is 11.3 Å². The lowest BCUT2D eigenvalue weighted by Crippen LogP contribution is -2.31. The average Bonchev–Trinajstić information content (AvgIpc) is 3.23. The molecule has 0 atom stereocenters. The Labute approximate surface area is 210 Å². The Morgan fingerprint density at radius 3 is 2.54 bits per heavy atom. The summed E-state index contributed by atoms with van der Waals surface area (Å²) in [5.41, 5.74) is 3.16. The second-order valence-corrected chi connectivity index (χ2v) is 9.39. The van der Waals surface area contributed by atoms with Crippen LogP contribution in [0.1, 0.15) is 63.1 Å². The molecule has 1 heterocycles. The number of nitrogens with zero attached hydrogens (tertiary/aromatic N) is 2. The molecule has 1 aromatic heterocycles. The molecule has 0 aliphatic heterocycles. The number of aromatic hydroxyl groups is 1. The molecule has 35 heavy (non-hydrogen) atoms. The Morgan fingerprint density at radius 2 is 1.89 bits per heavy atom. The number of nitrogens with one attached hydrogen (secondary N) is 2. The molecule has 1 aliphatic carbocycles. The Kier molecular flexibility index (Phi) is 7.76. The molecule has 0 saturated heterocycles. The van der Waals surface area contributed by atoms with E-state index in [1.807, 2.05) is 38.1 Å². The fourth-order valence-corrected chi connectivity index (χ4v) is 4.50. The third-order valence-corrected chi connectivity index (χ3v) is 7.11. The summed E-state index contributed by atoms with van der Waals surface area (Å²) in [7, 11) is 0. The zero-order valence-corrected chi connectivity index (χ0v) is 20.8. The van der Waals surface area contributed by atoms with E-state index < -0.39 is 0 Å². The van der Waals surface area contributed by atoms with Gasteiger partial charge in [-0.1, -0.05) is 50.1 Å². The van der Waals surface area contributed by atoms with Gasteiger partial charge < -0.3 is 15.7 Å². The first-order valence-corrected chi connectivity index (χ1v) is 12.5.